The predicted octanol–water partition coefficient (Wildman–Crippen LogP) is 5.41. The molecule has 0 saturated carbocycles. The Bertz CT molecular complexity index is 725. The van der Waals surface area contributed by atoms with Gasteiger partial charge in [-0.2, -0.15) is 0 Å². The van der Waals surface area contributed by atoms with Crippen molar-refractivity contribution in [2.75, 3.05) is 5.32 Å². The van der Waals surface area contributed by atoms with Gasteiger partial charge in [-0.3, -0.25) is 0 Å². The van der Waals surface area contributed by atoms with Gasteiger partial charge >= 0.3 is 0 Å². The minimum atomic E-state index is -0.164. The van der Waals surface area contributed by atoms with E-state index >= 15 is 0 Å². The van der Waals surface area contributed by atoms with Crippen LogP contribution in [0.4, 0.5) is 10.1 Å². The monoisotopic (exact) mass is 343 g/mol. The summed E-state index contributed by atoms with van der Waals surface area (Å²) in [5.74, 6) is 0.579. The van der Waals surface area contributed by atoms with E-state index in [1.54, 1.807) is 6.07 Å². The van der Waals surface area contributed by atoms with E-state index in [4.69, 9.17) is 0 Å². The zero-order chi connectivity index (χ0) is 14.4. The van der Waals surface area contributed by atoms with E-state index in [-0.39, 0.29) is 11.9 Å². The second-order valence-electron chi connectivity index (χ2n) is 5.70. The van der Waals surface area contributed by atoms with Crippen molar-refractivity contribution in [3.05, 3.63) is 76.0 Å². The van der Waals surface area contributed by atoms with E-state index in [0.717, 1.165) is 16.5 Å². The van der Waals surface area contributed by atoms with Crippen LogP contribution in [-0.2, 0) is 0 Å². The molecule has 2 aliphatic rings. The van der Waals surface area contributed by atoms with Crippen LogP contribution in [0.1, 0.15) is 29.5 Å². The summed E-state index contributed by atoms with van der Waals surface area (Å²) in [5.41, 5.74) is 2.94. The topological polar surface area (TPSA) is 12.0 Å². The number of hydrogen-bond donors (Lipinski definition) is 1. The quantitative estimate of drug-likeness (QED) is 0.682. The van der Waals surface area contributed by atoms with Gasteiger partial charge in [0.2, 0.25) is 0 Å². The van der Waals surface area contributed by atoms with Crippen LogP contribution in [0.15, 0.2) is 59.1 Å². The number of anilines is 1. The lowest BCUT2D eigenvalue weighted by Gasteiger charge is -2.38. The van der Waals surface area contributed by atoms with E-state index in [2.05, 4.69) is 39.5 Å². The third-order valence-electron chi connectivity index (χ3n) is 4.59. The van der Waals surface area contributed by atoms with Crippen molar-refractivity contribution in [3.63, 3.8) is 0 Å². The number of rotatable bonds is 1. The third-order valence-corrected chi connectivity index (χ3v) is 5.31. The van der Waals surface area contributed by atoms with Gasteiger partial charge in [-0.1, -0.05) is 58.4 Å². The third kappa shape index (κ3) is 2.03. The van der Waals surface area contributed by atoms with Crippen molar-refractivity contribution >= 4 is 21.6 Å². The number of allylic oxidation sites excluding steroid dienone is 2. The molecule has 1 nitrogen and oxygen atoms in total. The molecule has 21 heavy (non-hydrogen) atoms. The summed E-state index contributed by atoms with van der Waals surface area (Å²) in [4.78, 5) is 0. The highest BCUT2D eigenvalue weighted by Crippen LogP contribution is 2.51. The molecule has 0 fully saturated rings. The number of fused-ring (bicyclic) bond motifs is 3. The molecule has 0 bridgehead atoms. The maximum absolute atomic E-state index is 14.2. The Hall–Kier alpha value is -1.61. The molecular formula is C18H15BrFN. The van der Waals surface area contributed by atoms with Gasteiger partial charge in [-0.25, -0.2) is 4.39 Å². The molecule has 106 valence electrons. The Labute approximate surface area is 132 Å². The Kier molecular flexibility index (Phi) is 3.11. The lowest BCUT2D eigenvalue weighted by Crippen LogP contribution is -2.29. The van der Waals surface area contributed by atoms with Gasteiger partial charge in [0, 0.05) is 10.4 Å². The van der Waals surface area contributed by atoms with Gasteiger partial charge in [0.1, 0.15) is 5.82 Å². The standard InChI is InChI=1S/C18H15BrFN/c19-15-9-2-1-5-14(15)17-12-7-3-6-11(12)13-8-4-10-16(20)18(13)21-17/h1-6,8-12,17,21H,7H2/t11?,12?,17-/m0/s1. The Morgan fingerprint density at radius 1 is 1.05 bits per heavy atom. The van der Waals surface area contributed by atoms with Gasteiger partial charge in [0.05, 0.1) is 11.7 Å². The Morgan fingerprint density at radius 3 is 2.71 bits per heavy atom. The fourth-order valence-corrected chi connectivity index (χ4v) is 4.15. The van der Waals surface area contributed by atoms with E-state index in [9.17, 15) is 4.39 Å². The van der Waals surface area contributed by atoms with Crippen LogP contribution in [0.25, 0.3) is 0 Å². The van der Waals surface area contributed by atoms with Crippen molar-refractivity contribution in [2.45, 2.75) is 18.4 Å². The maximum atomic E-state index is 14.2. The first-order valence-electron chi connectivity index (χ1n) is 7.22. The van der Waals surface area contributed by atoms with E-state index in [1.165, 1.54) is 11.6 Å². The lowest BCUT2D eigenvalue weighted by atomic mass is 9.77. The van der Waals surface area contributed by atoms with Crippen molar-refractivity contribution in [1.29, 1.82) is 0 Å². The predicted molar refractivity (Wildman–Crippen MR) is 86.9 cm³/mol. The number of benzene rings is 2. The molecule has 2 unspecified atom stereocenters. The molecule has 2 aromatic carbocycles. The molecular weight excluding hydrogens is 329 g/mol. The molecule has 0 amide bonds. The summed E-state index contributed by atoms with van der Waals surface area (Å²) in [6.07, 6.45) is 5.48. The fourth-order valence-electron chi connectivity index (χ4n) is 3.62. The highest BCUT2D eigenvalue weighted by molar-refractivity contribution is 9.10. The molecule has 1 heterocycles. The lowest BCUT2D eigenvalue weighted by molar-refractivity contribution is 0.420. The molecule has 1 N–H and O–H groups in total. The fraction of sp³-hybridized carbons (Fsp3) is 0.222. The van der Waals surface area contributed by atoms with Crippen molar-refractivity contribution < 1.29 is 4.39 Å². The molecule has 1 aliphatic carbocycles. The van der Waals surface area contributed by atoms with Crippen molar-refractivity contribution in [1.82, 2.24) is 0 Å². The van der Waals surface area contributed by atoms with Crippen LogP contribution in [-0.4, -0.2) is 0 Å². The summed E-state index contributed by atoms with van der Waals surface area (Å²) in [5, 5.41) is 3.45. The first-order chi connectivity index (χ1) is 10.3. The highest BCUT2D eigenvalue weighted by atomic mass is 79.9. The first kappa shape index (κ1) is 13.1. The number of para-hydroxylation sites is 1. The van der Waals surface area contributed by atoms with Crippen LogP contribution >= 0.6 is 15.9 Å². The van der Waals surface area contributed by atoms with Crippen LogP contribution in [0.3, 0.4) is 0 Å². The van der Waals surface area contributed by atoms with Gasteiger partial charge < -0.3 is 5.32 Å². The average Bonchev–Trinajstić information content (AvgIpc) is 2.97. The van der Waals surface area contributed by atoms with Gasteiger partial charge in [-0.05, 0) is 35.6 Å². The minimum Gasteiger partial charge on any atom is -0.375 e. The maximum Gasteiger partial charge on any atom is 0.146 e. The van der Waals surface area contributed by atoms with Gasteiger partial charge in [0.15, 0.2) is 0 Å². The van der Waals surface area contributed by atoms with Crippen LogP contribution in [0.5, 0.6) is 0 Å². The molecule has 0 saturated heterocycles. The zero-order valence-corrected chi connectivity index (χ0v) is 13.0. The summed E-state index contributed by atoms with van der Waals surface area (Å²) in [6.45, 7) is 0. The largest absolute Gasteiger partial charge is 0.375 e. The highest BCUT2D eigenvalue weighted by Gasteiger charge is 2.39. The summed E-state index contributed by atoms with van der Waals surface area (Å²) >= 11 is 3.63. The van der Waals surface area contributed by atoms with Crippen LogP contribution in [0, 0.1) is 11.7 Å². The first-order valence-corrected chi connectivity index (χ1v) is 8.01. The van der Waals surface area contributed by atoms with Crippen molar-refractivity contribution in [2.24, 2.45) is 5.92 Å². The molecule has 1 aliphatic heterocycles. The van der Waals surface area contributed by atoms with Crippen LogP contribution in [0.2, 0.25) is 0 Å². The van der Waals surface area contributed by atoms with Crippen molar-refractivity contribution in [3.8, 4) is 0 Å². The average molecular weight is 344 g/mol. The van der Waals surface area contributed by atoms with Gasteiger partial charge in [-0.15, -0.1) is 0 Å². The SMILES string of the molecule is Fc1cccc2c1N[C@H](c1ccccc1Br)C1CC=CC21. The normalized spacial score (nSPS) is 26.1. The van der Waals surface area contributed by atoms with Gasteiger partial charge in [0.25, 0.3) is 0 Å². The summed E-state index contributed by atoms with van der Waals surface area (Å²) < 4.78 is 15.3. The molecule has 0 spiro atoms. The molecule has 0 aromatic heterocycles. The number of hydrogen-bond acceptors (Lipinski definition) is 1. The summed E-state index contributed by atoms with van der Waals surface area (Å²) in [6, 6.07) is 13.7. The zero-order valence-electron chi connectivity index (χ0n) is 11.4. The molecule has 3 heteroatoms. The second kappa shape index (κ2) is 4.99. The van der Waals surface area contributed by atoms with Crippen LogP contribution < -0.4 is 5.32 Å². The Morgan fingerprint density at radius 2 is 1.86 bits per heavy atom. The molecule has 4 rings (SSSR count). The molecule has 2 aromatic rings. The number of halogens is 2. The summed E-state index contributed by atoms with van der Waals surface area (Å²) in [7, 11) is 0. The van der Waals surface area contributed by atoms with E-state index in [1.807, 2.05) is 24.3 Å². The molecule has 3 atom stereocenters. The number of nitrogens with one attached hydrogen (secondary N) is 1. The minimum absolute atomic E-state index is 0.130. The molecule has 0 radical (unpaired) electrons. The Balaban J connectivity index is 1.85. The van der Waals surface area contributed by atoms with E-state index < -0.39 is 0 Å². The second-order valence-corrected chi connectivity index (χ2v) is 6.56. The smallest absolute Gasteiger partial charge is 0.146 e. The van der Waals surface area contributed by atoms with E-state index in [0.29, 0.717) is 17.5 Å².